The molecule has 2 rings (SSSR count). The minimum absolute atomic E-state index is 0.145. The van der Waals surface area contributed by atoms with Crippen molar-refractivity contribution in [2.75, 3.05) is 10.6 Å². The van der Waals surface area contributed by atoms with Crippen LogP contribution in [0.2, 0.25) is 0 Å². The fourth-order valence-corrected chi connectivity index (χ4v) is 1.73. The normalized spacial score (nSPS) is 9.90. The summed E-state index contributed by atoms with van der Waals surface area (Å²) in [6, 6.07) is 8.53. The highest BCUT2D eigenvalue weighted by Crippen LogP contribution is 2.12. The molecule has 0 bridgehead atoms. The van der Waals surface area contributed by atoms with Crippen LogP contribution in [0.1, 0.15) is 22.8 Å². The van der Waals surface area contributed by atoms with Gasteiger partial charge in [0.1, 0.15) is 0 Å². The maximum Gasteiger partial charge on any atom is 0.255 e. The summed E-state index contributed by atoms with van der Waals surface area (Å²) in [5.74, 6) is -0.361. The van der Waals surface area contributed by atoms with E-state index in [9.17, 15) is 9.59 Å². The van der Waals surface area contributed by atoms with Gasteiger partial charge in [-0.05, 0) is 42.8 Å². The van der Waals surface area contributed by atoms with Crippen molar-refractivity contribution in [2.24, 2.45) is 0 Å². The molecule has 0 aliphatic rings. The van der Waals surface area contributed by atoms with Gasteiger partial charge in [-0.25, -0.2) is 0 Å². The molecule has 5 nitrogen and oxygen atoms in total. The van der Waals surface area contributed by atoms with Gasteiger partial charge in [0.15, 0.2) is 0 Å². The molecule has 1 heterocycles. The Kier molecular flexibility index (Phi) is 4.10. The van der Waals surface area contributed by atoms with Crippen molar-refractivity contribution in [2.45, 2.75) is 13.8 Å². The molecule has 0 unspecified atom stereocenters. The lowest BCUT2D eigenvalue weighted by Crippen LogP contribution is -2.12. The van der Waals surface area contributed by atoms with E-state index in [1.807, 2.05) is 13.0 Å². The molecule has 2 N–H and O–H groups in total. The van der Waals surface area contributed by atoms with Crippen LogP contribution in [0.15, 0.2) is 42.7 Å². The highest BCUT2D eigenvalue weighted by Gasteiger charge is 2.06. The fraction of sp³-hybridized carbons (Fsp3) is 0.133. The number of benzene rings is 1. The van der Waals surface area contributed by atoms with Gasteiger partial charge in [0, 0.05) is 24.4 Å². The van der Waals surface area contributed by atoms with Crippen LogP contribution in [0, 0.1) is 6.92 Å². The number of nitrogens with zero attached hydrogens (tertiary/aromatic N) is 1. The molecule has 2 aromatic rings. The number of anilines is 2. The topological polar surface area (TPSA) is 71.1 Å². The molecule has 2 amide bonds. The number of aryl methyl sites for hydroxylation is 1. The highest BCUT2D eigenvalue weighted by atomic mass is 16.2. The van der Waals surface area contributed by atoms with E-state index >= 15 is 0 Å². The highest BCUT2D eigenvalue weighted by molar-refractivity contribution is 6.04. The van der Waals surface area contributed by atoms with Gasteiger partial charge in [0.25, 0.3) is 5.91 Å². The Morgan fingerprint density at radius 3 is 2.30 bits per heavy atom. The third kappa shape index (κ3) is 3.65. The van der Waals surface area contributed by atoms with Gasteiger partial charge >= 0.3 is 0 Å². The van der Waals surface area contributed by atoms with Gasteiger partial charge in [-0.1, -0.05) is 0 Å². The van der Waals surface area contributed by atoms with E-state index < -0.39 is 0 Å². The van der Waals surface area contributed by atoms with Crippen molar-refractivity contribution in [1.29, 1.82) is 0 Å². The molecule has 0 saturated carbocycles. The van der Waals surface area contributed by atoms with Crippen molar-refractivity contribution in [3.05, 3.63) is 53.9 Å². The average Bonchev–Trinajstić information content (AvgIpc) is 2.38. The summed E-state index contributed by atoms with van der Waals surface area (Å²) in [4.78, 5) is 27.0. The molecule has 0 saturated heterocycles. The first-order valence-corrected chi connectivity index (χ1v) is 6.15. The maximum absolute atomic E-state index is 12.0. The summed E-state index contributed by atoms with van der Waals surface area (Å²) >= 11 is 0. The van der Waals surface area contributed by atoms with Crippen LogP contribution < -0.4 is 10.6 Å². The zero-order valence-electron chi connectivity index (χ0n) is 11.3. The lowest BCUT2D eigenvalue weighted by molar-refractivity contribution is -0.114. The first-order chi connectivity index (χ1) is 9.54. The molecule has 0 radical (unpaired) electrons. The Hall–Kier alpha value is -2.69. The van der Waals surface area contributed by atoms with Gasteiger partial charge < -0.3 is 10.6 Å². The minimum atomic E-state index is -0.216. The second-order valence-electron chi connectivity index (χ2n) is 4.46. The number of aromatic nitrogens is 1. The molecule has 1 aromatic heterocycles. The van der Waals surface area contributed by atoms with Crippen molar-refractivity contribution >= 4 is 23.2 Å². The molecular weight excluding hydrogens is 254 g/mol. The number of carbonyl (C=O) groups is 2. The summed E-state index contributed by atoms with van der Waals surface area (Å²) in [6.45, 7) is 3.34. The largest absolute Gasteiger partial charge is 0.326 e. The average molecular weight is 269 g/mol. The summed E-state index contributed by atoms with van der Waals surface area (Å²) in [5.41, 5.74) is 2.80. The molecule has 0 aliphatic carbocycles. The molecule has 0 spiro atoms. The van der Waals surface area contributed by atoms with Crippen LogP contribution in [-0.4, -0.2) is 16.8 Å². The van der Waals surface area contributed by atoms with Crippen LogP contribution in [0.4, 0.5) is 11.4 Å². The monoisotopic (exact) mass is 269 g/mol. The van der Waals surface area contributed by atoms with Crippen LogP contribution in [-0.2, 0) is 4.79 Å². The fourth-order valence-electron chi connectivity index (χ4n) is 1.73. The lowest BCUT2D eigenvalue weighted by atomic mass is 10.2. The molecule has 1 aromatic carbocycles. The molecule has 0 atom stereocenters. The van der Waals surface area contributed by atoms with Crippen molar-refractivity contribution in [3.8, 4) is 0 Å². The Morgan fingerprint density at radius 1 is 1.00 bits per heavy atom. The van der Waals surface area contributed by atoms with E-state index in [0.717, 1.165) is 5.56 Å². The van der Waals surface area contributed by atoms with E-state index in [2.05, 4.69) is 15.6 Å². The van der Waals surface area contributed by atoms with E-state index in [4.69, 9.17) is 0 Å². The van der Waals surface area contributed by atoms with Crippen LogP contribution in [0.25, 0.3) is 0 Å². The number of amides is 2. The Labute approximate surface area is 117 Å². The molecular formula is C15H15N3O2. The van der Waals surface area contributed by atoms with E-state index in [0.29, 0.717) is 16.9 Å². The van der Waals surface area contributed by atoms with E-state index in [1.165, 1.54) is 6.92 Å². The van der Waals surface area contributed by atoms with Gasteiger partial charge in [-0.3, -0.25) is 14.6 Å². The zero-order valence-corrected chi connectivity index (χ0v) is 11.3. The zero-order chi connectivity index (χ0) is 14.5. The number of hydrogen-bond donors (Lipinski definition) is 2. The Morgan fingerprint density at radius 2 is 1.70 bits per heavy atom. The predicted molar refractivity (Wildman–Crippen MR) is 77.7 cm³/mol. The number of rotatable bonds is 3. The maximum atomic E-state index is 12.0. The van der Waals surface area contributed by atoms with Gasteiger partial charge in [0.2, 0.25) is 5.91 Å². The second kappa shape index (κ2) is 5.97. The van der Waals surface area contributed by atoms with Crippen LogP contribution in [0.3, 0.4) is 0 Å². The van der Waals surface area contributed by atoms with Crippen molar-refractivity contribution in [3.63, 3.8) is 0 Å². The van der Waals surface area contributed by atoms with Crippen LogP contribution >= 0.6 is 0 Å². The summed E-state index contributed by atoms with van der Waals surface area (Å²) in [5, 5.41) is 5.42. The minimum Gasteiger partial charge on any atom is -0.326 e. The first kappa shape index (κ1) is 13.7. The SMILES string of the molecule is CC(=O)Nc1ccc(C(=O)Nc2cncc(C)c2)cc1. The summed E-state index contributed by atoms with van der Waals surface area (Å²) in [6.07, 6.45) is 3.31. The quantitative estimate of drug-likeness (QED) is 0.899. The van der Waals surface area contributed by atoms with Crippen molar-refractivity contribution < 1.29 is 9.59 Å². The first-order valence-electron chi connectivity index (χ1n) is 6.15. The number of pyridine rings is 1. The van der Waals surface area contributed by atoms with E-state index in [1.54, 1.807) is 36.7 Å². The predicted octanol–water partition coefficient (Wildman–Crippen LogP) is 2.60. The smallest absolute Gasteiger partial charge is 0.255 e. The Balaban J connectivity index is 2.07. The van der Waals surface area contributed by atoms with Crippen molar-refractivity contribution in [1.82, 2.24) is 4.98 Å². The molecule has 0 fully saturated rings. The van der Waals surface area contributed by atoms with E-state index in [-0.39, 0.29) is 11.8 Å². The standard InChI is InChI=1S/C15H15N3O2/c1-10-7-14(9-16-8-10)18-15(20)12-3-5-13(6-4-12)17-11(2)19/h3-9H,1-2H3,(H,17,19)(H,18,20). The third-order valence-electron chi connectivity index (χ3n) is 2.60. The lowest BCUT2D eigenvalue weighted by Gasteiger charge is -2.07. The number of hydrogen-bond acceptors (Lipinski definition) is 3. The van der Waals surface area contributed by atoms with Crippen LogP contribution in [0.5, 0.6) is 0 Å². The van der Waals surface area contributed by atoms with Gasteiger partial charge in [0.05, 0.1) is 11.9 Å². The summed E-state index contributed by atoms with van der Waals surface area (Å²) in [7, 11) is 0. The Bertz CT molecular complexity index is 636. The molecule has 102 valence electrons. The molecule has 0 aliphatic heterocycles. The third-order valence-corrected chi connectivity index (χ3v) is 2.60. The summed E-state index contributed by atoms with van der Waals surface area (Å²) < 4.78 is 0. The molecule has 5 heteroatoms. The van der Waals surface area contributed by atoms with Gasteiger partial charge in [-0.15, -0.1) is 0 Å². The molecule has 20 heavy (non-hydrogen) atoms. The second-order valence-corrected chi connectivity index (χ2v) is 4.46. The number of carbonyl (C=O) groups excluding carboxylic acids is 2. The number of nitrogens with one attached hydrogen (secondary N) is 2. The van der Waals surface area contributed by atoms with Gasteiger partial charge in [-0.2, -0.15) is 0 Å².